The normalized spacial score (nSPS) is 10.1. The van der Waals surface area contributed by atoms with Gasteiger partial charge in [-0.05, 0) is 56.2 Å². The minimum absolute atomic E-state index is 0.196. The van der Waals surface area contributed by atoms with Crippen LogP contribution in [0.3, 0.4) is 0 Å². The zero-order valence-corrected chi connectivity index (χ0v) is 14.3. The minimum Gasteiger partial charge on any atom is -0.494 e. The van der Waals surface area contributed by atoms with Crippen molar-refractivity contribution >= 4 is 17.4 Å². The summed E-state index contributed by atoms with van der Waals surface area (Å²) < 4.78 is 5.49. The molecule has 0 aromatic heterocycles. The average Bonchev–Trinajstić information content (AvgIpc) is 2.58. The molecule has 2 amide bonds. The first-order chi connectivity index (χ1) is 11.7. The van der Waals surface area contributed by atoms with Crippen LogP contribution in [0.25, 0.3) is 0 Å². The predicted octanol–water partition coefficient (Wildman–Crippen LogP) is 4.02. The molecule has 0 saturated heterocycles. The van der Waals surface area contributed by atoms with E-state index in [1.807, 2.05) is 62.4 Å². The number of carbonyl (C=O) groups is 1. The van der Waals surface area contributed by atoms with Gasteiger partial charge in [-0.15, -0.1) is 0 Å². The fraction of sp³-hybridized carbons (Fsp3) is 0.316. The molecule has 128 valence electrons. The summed E-state index contributed by atoms with van der Waals surface area (Å²) in [6.07, 6.45) is 0.852. The topological polar surface area (TPSA) is 62.4 Å². The molecule has 0 bridgehead atoms. The van der Waals surface area contributed by atoms with Crippen molar-refractivity contribution in [3.05, 3.63) is 54.1 Å². The van der Waals surface area contributed by atoms with Crippen LogP contribution >= 0.6 is 0 Å². The van der Waals surface area contributed by atoms with E-state index in [4.69, 9.17) is 4.74 Å². The van der Waals surface area contributed by atoms with E-state index < -0.39 is 0 Å². The third kappa shape index (κ3) is 5.83. The summed E-state index contributed by atoms with van der Waals surface area (Å²) in [5.74, 6) is 0.843. The highest BCUT2D eigenvalue weighted by atomic mass is 16.5. The van der Waals surface area contributed by atoms with Gasteiger partial charge in [0.25, 0.3) is 0 Å². The van der Waals surface area contributed by atoms with Gasteiger partial charge < -0.3 is 20.7 Å². The largest absolute Gasteiger partial charge is 0.494 e. The maximum Gasteiger partial charge on any atom is 0.319 e. The number of benzene rings is 2. The Hall–Kier alpha value is -2.69. The van der Waals surface area contributed by atoms with E-state index in [-0.39, 0.29) is 6.03 Å². The van der Waals surface area contributed by atoms with Gasteiger partial charge in [-0.3, -0.25) is 0 Å². The summed E-state index contributed by atoms with van der Waals surface area (Å²) in [7, 11) is 0. The first kappa shape index (κ1) is 17.7. The van der Waals surface area contributed by atoms with Gasteiger partial charge in [-0.25, -0.2) is 4.79 Å². The van der Waals surface area contributed by atoms with Crippen molar-refractivity contribution in [1.82, 2.24) is 5.32 Å². The minimum atomic E-state index is -0.196. The molecule has 0 heterocycles. The molecule has 0 atom stereocenters. The quantitative estimate of drug-likeness (QED) is 0.642. The molecule has 0 unspecified atom stereocenters. The lowest BCUT2D eigenvalue weighted by Crippen LogP contribution is -2.30. The SMILES string of the molecule is CCOc1ccc(NC(=O)NCCCNc2ccccc2)cc1C. The van der Waals surface area contributed by atoms with Gasteiger partial charge in [-0.1, -0.05) is 18.2 Å². The zero-order chi connectivity index (χ0) is 17.2. The zero-order valence-electron chi connectivity index (χ0n) is 14.3. The van der Waals surface area contributed by atoms with E-state index in [1.54, 1.807) is 0 Å². The Bertz CT molecular complexity index is 644. The van der Waals surface area contributed by atoms with Crippen LogP contribution in [0.1, 0.15) is 18.9 Å². The van der Waals surface area contributed by atoms with Crippen molar-refractivity contribution in [3.63, 3.8) is 0 Å². The molecule has 0 spiro atoms. The van der Waals surface area contributed by atoms with Crippen LogP contribution < -0.4 is 20.7 Å². The molecule has 5 heteroatoms. The maximum atomic E-state index is 11.9. The molecular weight excluding hydrogens is 302 g/mol. The van der Waals surface area contributed by atoms with Gasteiger partial charge in [-0.2, -0.15) is 0 Å². The van der Waals surface area contributed by atoms with E-state index in [2.05, 4.69) is 16.0 Å². The Labute approximate surface area is 143 Å². The first-order valence-electron chi connectivity index (χ1n) is 8.26. The highest BCUT2D eigenvalue weighted by Gasteiger charge is 2.04. The van der Waals surface area contributed by atoms with Gasteiger partial charge in [0.2, 0.25) is 0 Å². The van der Waals surface area contributed by atoms with Crippen LogP contribution in [0.5, 0.6) is 5.75 Å². The molecule has 5 nitrogen and oxygen atoms in total. The molecule has 2 aromatic rings. The number of ether oxygens (including phenoxy) is 1. The van der Waals surface area contributed by atoms with Gasteiger partial charge in [0.15, 0.2) is 0 Å². The van der Waals surface area contributed by atoms with Crippen LogP contribution in [0, 0.1) is 6.92 Å². The number of hydrogen-bond donors (Lipinski definition) is 3. The van der Waals surface area contributed by atoms with Crippen molar-refractivity contribution < 1.29 is 9.53 Å². The number of amides is 2. The summed E-state index contributed by atoms with van der Waals surface area (Å²) >= 11 is 0. The van der Waals surface area contributed by atoms with E-state index in [0.29, 0.717) is 13.2 Å². The van der Waals surface area contributed by atoms with Crippen molar-refractivity contribution in [2.45, 2.75) is 20.3 Å². The van der Waals surface area contributed by atoms with Gasteiger partial charge in [0.1, 0.15) is 5.75 Å². The number of urea groups is 1. The fourth-order valence-electron chi connectivity index (χ4n) is 2.30. The number of anilines is 2. The summed E-state index contributed by atoms with van der Waals surface area (Å²) in [6, 6.07) is 15.4. The summed E-state index contributed by atoms with van der Waals surface area (Å²) in [6.45, 7) is 5.97. The molecular formula is C19H25N3O2. The lowest BCUT2D eigenvalue weighted by molar-refractivity contribution is 0.252. The molecule has 24 heavy (non-hydrogen) atoms. The van der Waals surface area contributed by atoms with Crippen molar-refractivity contribution in [2.24, 2.45) is 0 Å². The molecule has 0 aliphatic carbocycles. The van der Waals surface area contributed by atoms with Crippen molar-refractivity contribution in [2.75, 3.05) is 30.3 Å². The van der Waals surface area contributed by atoms with Crippen LogP contribution in [0.4, 0.5) is 16.2 Å². The van der Waals surface area contributed by atoms with E-state index in [1.165, 1.54) is 0 Å². The monoisotopic (exact) mass is 327 g/mol. The summed E-state index contributed by atoms with van der Waals surface area (Å²) in [5.41, 5.74) is 2.85. The second-order valence-corrected chi connectivity index (χ2v) is 5.44. The second-order valence-electron chi connectivity index (χ2n) is 5.44. The number of carbonyl (C=O) groups excluding carboxylic acids is 1. The van der Waals surface area contributed by atoms with Crippen LogP contribution in [0.15, 0.2) is 48.5 Å². The third-order valence-corrected chi connectivity index (χ3v) is 3.47. The molecule has 0 saturated carbocycles. The van der Waals surface area contributed by atoms with Crippen molar-refractivity contribution in [3.8, 4) is 5.75 Å². The standard InChI is InChI=1S/C19H25N3O2/c1-3-24-18-11-10-17(14-15(18)2)22-19(23)21-13-7-12-20-16-8-5-4-6-9-16/h4-6,8-11,14,20H,3,7,12-13H2,1-2H3,(H2,21,22,23). The van der Waals surface area contributed by atoms with Crippen LogP contribution in [-0.4, -0.2) is 25.7 Å². The fourth-order valence-corrected chi connectivity index (χ4v) is 2.30. The Morgan fingerprint density at radius 1 is 1.04 bits per heavy atom. The summed E-state index contributed by atoms with van der Waals surface area (Å²) in [4.78, 5) is 11.9. The summed E-state index contributed by atoms with van der Waals surface area (Å²) in [5, 5.41) is 9.00. The highest BCUT2D eigenvalue weighted by molar-refractivity contribution is 5.89. The van der Waals surface area contributed by atoms with Gasteiger partial charge in [0, 0.05) is 24.5 Å². The number of rotatable bonds is 8. The first-order valence-corrected chi connectivity index (χ1v) is 8.26. The molecule has 0 fully saturated rings. The van der Waals surface area contributed by atoms with E-state index in [0.717, 1.165) is 35.7 Å². The number of aryl methyl sites for hydroxylation is 1. The highest BCUT2D eigenvalue weighted by Crippen LogP contribution is 2.21. The average molecular weight is 327 g/mol. The molecule has 2 rings (SSSR count). The molecule has 0 aliphatic rings. The number of hydrogen-bond acceptors (Lipinski definition) is 3. The lowest BCUT2D eigenvalue weighted by atomic mass is 10.2. The van der Waals surface area contributed by atoms with Crippen molar-refractivity contribution in [1.29, 1.82) is 0 Å². The predicted molar refractivity (Wildman–Crippen MR) is 98.9 cm³/mol. The molecule has 2 aromatic carbocycles. The van der Waals surface area contributed by atoms with E-state index >= 15 is 0 Å². The van der Waals surface area contributed by atoms with Gasteiger partial charge in [0.05, 0.1) is 6.61 Å². The Morgan fingerprint density at radius 3 is 2.54 bits per heavy atom. The number of para-hydroxylation sites is 1. The molecule has 0 aliphatic heterocycles. The third-order valence-electron chi connectivity index (χ3n) is 3.47. The molecule has 3 N–H and O–H groups in total. The lowest BCUT2D eigenvalue weighted by Gasteiger charge is -2.11. The Balaban J connectivity index is 1.67. The Morgan fingerprint density at radius 2 is 1.83 bits per heavy atom. The molecule has 0 radical (unpaired) electrons. The van der Waals surface area contributed by atoms with Crippen LogP contribution in [-0.2, 0) is 0 Å². The van der Waals surface area contributed by atoms with E-state index in [9.17, 15) is 4.79 Å². The smallest absolute Gasteiger partial charge is 0.319 e. The second kappa shape index (κ2) is 9.45. The number of nitrogens with one attached hydrogen (secondary N) is 3. The Kier molecular flexibility index (Phi) is 6.95. The van der Waals surface area contributed by atoms with Gasteiger partial charge >= 0.3 is 6.03 Å². The van der Waals surface area contributed by atoms with Crippen LogP contribution in [0.2, 0.25) is 0 Å². The maximum absolute atomic E-state index is 11.9.